The zero-order valence-electron chi connectivity index (χ0n) is 13.1. The van der Waals surface area contributed by atoms with E-state index in [1.54, 1.807) is 0 Å². The normalized spacial score (nSPS) is 10.9. The molecule has 0 spiro atoms. The van der Waals surface area contributed by atoms with Crippen LogP contribution >= 0.6 is 0 Å². The lowest BCUT2D eigenvalue weighted by atomic mass is 10.0. The Morgan fingerprint density at radius 1 is 1.15 bits per heavy atom. The Morgan fingerprint density at radius 3 is 2.35 bits per heavy atom. The van der Waals surface area contributed by atoms with E-state index in [-0.39, 0.29) is 5.91 Å². The summed E-state index contributed by atoms with van der Waals surface area (Å²) < 4.78 is 5.64. The van der Waals surface area contributed by atoms with E-state index in [1.165, 1.54) is 5.56 Å². The van der Waals surface area contributed by atoms with Crippen molar-refractivity contribution < 1.29 is 9.53 Å². The van der Waals surface area contributed by atoms with Gasteiger partial charge in [0, 0.05) is 13.0 Å². The van der Waals surface area contributed by atoms with Crippen LogP contribution in [-0.4, -0.2) is 19.1 Å². The first-order valence-corrected chi connectivity index (χ1v) is 7.48. The highest BCUT2D eigenvalue weighted by Crippen LogP contribution is 2.18. The topological polar surface area (TPSA) is 38.3 Å². The van der Waals surface area contributed by atoms with Gasteiger partial charge in [0.2, 0.25) is 5.91 Å². The standard InChI is InChI=1S/C17H27NO2/c1-13(2)12-18-17(19)6-5-11-20-16-9-7-15(8-10-16)14(3)4/h7-10,13-14H,5-6,11-12H2,1-4H3,(H,18,19). The van der Waals surface area contributed by atoms with Gasteiger partial charge in [-0.3, -0.25) is 4.79 Å². The summed E-state index contributed by atoms with van der Waals surface area (Å²) in [7, 11) is 0. The SMILES string of the molecule is CC(C)CNC(=O)CCCOc1ccc(C(C)C)cc1. The van der Waals surface area contributed by atoms with E-state index in [0.29, 0.717) is 24.9 Å². The number of carbonyl (C=O) groups excluding carboxylic acids is 1. The molecule has 1 aromatic rings. The molecule has 0 unspecified atom stereocenters. The molecule has 0 fully saturated rings. The molecule has 0 aliphatic heterocycles. The van der Waals surface area contributed by atoms with Crippen molar-refractivity contribution in [1.82, 2.24) is 5.32 Å². The number of hydrogen-bond acceptors (Lipinski definition) is 2. The molecule has 1 amide bonds. The first-order valence-electron chi connectivity index (χ1n) is 7.48. The Balaban J connectivity index is 2.19. The predicted octanol–water partition coefficient (Wildman–Crippen LogP) is 3.74. The average molecular weight is 277 g/mol. The van der Waals surface area contributed by atoms with E-state index in [4.69, 9.17) is 4.74 Å². The lowest BCUT2D eigenvalue weighted by molar-refractivity contribution is -0.121. The van der Waals surface area contributed by atoms with Crippen LogP contribution in [0.1, 0.15) is 52.0 Å². The van der Waals surface area contributed by atoms with Crippen LogP contribution in [0.4, 0.5) is 0 Å². The molecule has 0 radical (unpaired) electrons. The van der Waals surface area contributed by atoms with Crippen LogP contribution in [-0.2, 0) is 4.79 Å². The third-order valence-corrected chi connectivity index (χ3v) is 3.07. The van der Waals surface area contributed by atoms with Gasteiger partial charge in [0.25, 0.3) is 0 Å². The Labute approximate surface area is 122 Å². The summed E-state index contributed by atoms with van der Waals surface area (Å²) in [4.78, 5) is 11.5. The number of hydrogen-bond donors (Lipinski definition) is 1. The lowest BCUT2D eigenvalue weighted by Crippen LogP contribution is -2.27. The van der Waals surface area contributed by atoms with Crippen LogP contribution in [0.3, 0.4) is 0 Å². The second kappa shape index (κ2) is 8.62. The van der Waals surface area contributed by atoms with Gasteiger partial charge < -0.3 is 10.1 Å². The van der Waals surface area contributed by atoms with Gasteiger partial charge in [0.1, 0.15) is 5.75 Å². The lowest BCUT2D eigenvalue weighted by Gasteiger charge is -2.09. The number of amides is 1. The maximum atomic E-state index is 11.5. The van der Waals surface area contributed by atoms with Gasteiger partial charge in [-0.15, -0.1) is 0 Å². The van der Waals surface area contributed by atoms with E-state index in [9.17, 15) is 4.79 Å². The summed E-state index contributed by atoms with van der Waals surface area (Å²) in [5.41, 5.74) is 1.31. The van der Waals surface area contributed by atoms with Crippen LogP contribution < -0.4 is 10.1 Å². The summed E-state index contributed by atoms with van der Waals surface area (Å²) in [5, 5.41) is 2.91. The summed E-state index contributed by atoms with van der Waals surface area (Å²) >= 11 is 0. The van der Waals surface area contributed by atoms with Crippen molar-refractivity contribution in [1.29, 1.82) is 0 Å². The van der Waals surface area contributed by atoms with Gasteiger partial charge in [-0.2, -0.15) is 0 Å². The van der Waals surface area contributed by atoms with Crippen LogP contribution in [0, 0.1) is 5.92 Å². The molecule has 0 saturated heterocycles. The fourth-order valence-electron chi connectivity index (χ4n) is 1.78. The van der Waals surface area contributed by atoms with E-state index in [0.717, 1.165) is 18.7 Å². The molecule has 3 heteroatoms. The van der Waals surface area contributed by atoms with Crippen LogP contribution in [0.25, 0.3) is 0 Å². The zero-order chi connectivity index (χ0) is 15.0. The third kappa shape index (κ3) is 6.60. The molecule has 3 nitrogen and oxygen atoms in total. The van der Waals surface area contributed by atoms with Crippen molar-refractivity contribution in [2.75, 3.05) is 13.2 Å². The first kappa shape index (κ1) is 16.5. The third-order valence-electron chi connectivity index (χ3n) is 3.07. The predicted molar refractivity (Wildman–Crippen MR) is 83.1 cm³/mol. The van der Waals surface area contributed by atoms with Crippen LogP contribution in [0.5, 0.6) is 5.75 Å². The Hall–Kier alpha value is -1.51. The van der Waals surface area contributed by atoms with Gasteiger partial charge in [-0.25, -0.2) is 0 Å². The maximum Gasteiger partial charge on any atom is 0.220 e. The van der Waals surface area contributed by atoms with Crippen molar-refractivity contribution in [2.24, 2.45) is 5.92 Å². The Bertz CT molecular complexity index is 396. The molecule has 0 aromatic heterocycles. The summed E-state index contributed by atoms with van der Waals surface area (Å²) in [6.45, 7) is 9.85. The average Bonchev–Trinajstić information content (AvgIpc) is 2.42. The van der Waals surface area contributed by atoms with Crippen molar-refractivity contribution in [2.45, 2.75) is 46.5 Å². The Morgan fingerprint density at radius 2 is 1.80 bits per heavy atom. The minimum Gasteiger partial charge on any atom is -0.494 e. The molecule has 112 valence electrons. The van der Waals surface area contributed by atoms with Gasteiger partial charge in [0.15, 0.2) is 0 Å². The highest BCUT2D eigenvalue weighted by atomic mass is 16.5. The summed E-state index contributed by atoms with van der Waals surface area (Å²) in [6, 6.07) is 8.17. The number of nitrogens with one attached hydrogen (secondary N) is 1. The molecule has 0 aliphatic rings. The van der Waals surface area contributed by atoms with Gasteiger partial charge in [0.05, 0.1) is 6.61 Å². The number of rotatable bonds is 8. The second-order valence-electron chi connectivity index (χ2n) is 5.87. The van der Waals surface area contributed by atoms with Crippen molar-refractivity contribution in [3.8, 4) is 5.75 Å². The number of carbonyl (C=O) groups is 1. The summed E-state index contributed by atoms with van der Waals surface area (Å²) in [6.07, 6.45) is 1.27. The minimum absolute atomic E-state index is 0.109. The monoisotopic (exact) mass is 277 g/mol. The summed E-state index contributed by atoms with van der Waals surface area (Å²) in [5.74, 6) is 2.01. The highest BCUT2D eigenvalue weighted by Gasteiger charge is 2.03. The molecule has 1 rings (SSSR count). The molecule has 1 N–H and O–H groups in total. The van der Waals surface area contributed by atoms with Crippen LogP contribution in [0.15, 0.2) is 24.3 Å². The van der Waals surface area contributed by atoms with Gasteiger partial charge in [-0.1, -0.05) is 39.8 Å². The maximum absolute atomic E-state index is 11.5. The van der Waals surface area contributed by atoms with E-state index in [2.05, 4.69) is 45.1 Å². The molecular formula is C17H27NO2. The van der Waals surface area contributed by atoms with E-state index in [1.807, 2.05) is 12.1 Å². The van der Waals surface area contributed by atoms with Gasteiger partial charge >= 0.3 is 0 Å². The molecule has 0 saturated carbocycles. The minimum atomic E-state index is 0.109. The molecular weight excluding hydrogens is 250 g/mol. The fraction of sp³-hybridized carbons (Fsp3) is 0.588. The van der Waals surface area contributed by atoms with Gasteiger partial charge in [-0.05, 0) is 36.0 Å². The molecule has 0 bridgehead atoms. The quantitative estimate of drug-likeness (QED) is 0.735. The van der Waals surface area contributed by atoms with Crippen LogP contribution in [0.2, 0.25) is 0 Å². The fourth-order valence-corrected chi connectivity index (χ4v) is 1.78. The van der Waals surface area contributed by atoms with Crippen molar-refractivity contribution in [3.05, 3.63) is 29.8 Å². The Kier molecular flexibility index (Phi) is 7.13. The largest absolute Gasteiger partial charge is 0.494 e. The first-order chi connectivity index (χ1) is 9.49. The molecule has 1 aromatic carbocycles. The smallest absolute Gasteiger partial charge is 0.220 e. The van der Waals surface area contributed by atoms with E-state index >= 15 is 0 Å². The van der Waals surface area contributed by atoms with E-state index < -0.39 is 0 Å². The number of benzene rings is 1. The number of ether oxygens (including phenoxy) is 1. The molecule has 0 heterocycles. The zero-order valence-corrected chi connectivity index (χ0v) is 13.1. The second-order valence-corrected chi connectivity index (χ2v) is 5.87. The van der Waals surface area contributed by atoms with Crippen molar-refractivity contribution >= 4 is 5.91 Å². The molecule has 20 heavy (non-hydrogen) atoms. The highest BCUT2D eigenvalue weighted by molar-refractivity contribution is 5.75. The van der Waals surface area contributed by atoms with Crippen molar-refractivity contribution in [3.63, 3.8) is 0 Å². The molecule has 0 atom stereocenters. The molecule has 0 aliphatic carbocycles.